The van der Waals surface area contributed by atoms with E-state index in [0.29, 0.717) is 11.8 Å². The van der Waals surface area contributed by atoms with Crippen LogP contribution in [0.25, 0.3) is 0 Å². The number of allylic oxidation sites excluding steroid dienone is 11. The highest BCUT2D eigenvalue weighted by Crippen LogP contribution is 2.33. The maximum Gasteiger partial charge on any atom is -0.0127 e. The third kappa shape index (κ3) is 19.3. The molecule has 0 unspecified atom stereocenters. The minimum Gasteiger partial charge on any atom is -0.100 e. The highest BCUT2D eigenvalue weighted by molar-refractivity contribution is 5.42. The molecule has 2 aliphatic rings. The van der Waals surface area contributed by atoms with Gasteiger partial charge in [-0.2, -0.15) is 0 Å². The van der Waals surface area contributed by atoms with Gasteiger partial charge < -0.3 is 0 Å². The minimum atomic E-state index is 0.667. The minimum absolute atomic E-state index is 0.667. The van der Waals surface area contributed by atoms with Gasteiger partial charge in [-0.05, 0) is 116 Å². The highest BCUT2D eigenvalue weighted by atomic mass is 14.2. The van der Waals surface area contributed by atoms with Crippen LogP contribution >= 0.6 is 0 Å². The zero-order valence-corrected chi connectivity index (χ0v) is 29.2. The smallest absolute Gasteiger partial charge is 0.0127 e. The Morgan fingerprint density at radius 3 is 1.88 bits per heavy atom. The quantitative estimate of drug-likeness (QED) is 0.136. The molecule has 2 atom stereocenters. The predicted octanol–water partition coefficient (Wildman–Crippen LogP) is 14.2. The lowest BCUT2D eigenvalue weighted by Crippen LogP contribution is -2.14. The van der Waals surface area contributed by atoms with Crippen LogP contribution in [0.2, 0.25) is 0 Å². The van der Waals surface area contributed by atoms with Crippen LogP contribution in [0.5, 0.6) is 0 Å². The zero-order chi connectivity index (χ0) is 31.1. The van der Waals surface area contributed by atoms with Gasteiger partial charge >= 0.3 is 0 Å². The second-order valence-corrected chi connectivity index (χ2v) is 12.3. The third-order valence-electron chi connectivity index (χ3n) is 8.36. The maximum atomic E-state index is 4.10. The average molecular weight is 551 g/mol. The lowest BCUT2D eigenvalue weighted by Gasteiger charge is -2.25. The summed E-state index contributed by atoms with van der Waals surface area (Å²) in [5.74, 6) is 1.37. The van der Waals surface area contributed by atoms with Gasteiger partial charge in [-0.3, -0.25) is 0 Å². The first-order chi connectivity index (χ1) is 18.9. The monoisotopic (exact) mass is 551 g/mol. The van der Waals surface area contributed by atoms with Crippen LogP contribution in [-0.4, -0.2) is 0 Å². The molecule has 0 nitrogen and oxygen atoms in total. The van der Waals surface area contributed by atoms with Gasteiger partial charge in [-0.25, -0.2) is 0 Å². The molecule has 0 fully saturated rings. The summed E-state index contributed by atoms with van der Waals surface area (Å²) in [4.78, 5) is 0. The van der Waals surface area contributed by atoms with Gasteiger partial charge in [0, 0.05) is 0 Å². The molecule has 40 heavy (non-hydrogen) atoms. The Morgan fingerprint density at radius 2 is 1.43 bits per heavy atom. The van der Waals surface area contributed by atoms with Crippen LogP contribution in [0.15, 0.2) is 82.5 Å². The first-order valence-electron chi connectivity index (χ1n) is 16.6. The van der Waals surface area contributed by atoms with Crippen LogP contribution in [0, 0.1) is 11.8 Å². The third-order valence-corrected chi connectivity index (χ3v) is 8.36. The summed E-state index contributed by atoms with van der Waals surface area (Å²) in [5, 5.41) is 0. The van der Waals surface area contributed by atoms with Crippen LogP contribution < -0.4 is 0 Å². The topological polar surface area (TPSA) is 0 Å². The highest BCUT2D eigenvalue weighted by Gasteiger charge is 2.18. The van der Waals surface area contributed by atoms with E-state index in [9.17, 15) is 0 Å². The van der Waals surface area contributed by atoms with Crippen molar-refractivity contribution < 1.29 is 0 Å². The Labute approximate surface area is 253 Å². The molecule has 0 aliphatic heterocycles. The van der Waals surface area contributed by atoms with Crippen molar-refractivity contribution in [1.82, 2.24) is 0 Å². The second-order valence-electron chi connectivity index (χ2n) is 12.3. The Morgan fingerprint density at radius 1 is 0.875 bits per heavy atom. The lowest BCUT2D eigenvalue weighted by atomic mass is 9.80. The molecule has 0 spiro atoms. The Balaban J connectivity index is 0. The predicted molar refractivity (Wildman–Crippen MR) is 188 cm³/mol. The molecule has 230 valence electrons. The molecule has 0 aromatic carbocycles. The summed E-state index contributed by atoms with van der Waals surface area (Å²) in [6, 6.07) is 0. The fourth-order valence-corrected chi connectivity index (χ4v) is 4.90. The number of hydrogen-bond acceptors (Lipinski definition) is 0. The van der Waals surface area contributed by atoms with Gasteiger partial charge in [0.15, 0.2) is 0 Å². The number of hydrogen-bond donors (Lipinski definition) is 0. The van der Waals surface area contributed by atoms with Gasteiger partial charge in [-0.15, -0.1) is 6.58 Å². The molecule has 0 heterocycles. The fourth-order valence-electron chi connectivity index (χ4n) is 4.90. The summed E-state index contributed by atoms with van der Waals surface area (Å²) in [6.07, 6.45) is 23.9. The van der Waals surface area contributed by atoms with E-state index in [1.54, 1.807) is 11.1 Å². The summed E-state index contributed by atoms with van der Waals surface area (Å²) in [5.41, 5.74) is 11.4. The molecule has 0 bridgehead atoms. The Kier molecular flexibility index (Phi) is 25.1. The molecule has 0 aromatic heterocycles. The van der Waals surface area contributed by atoms with Gasteiger partial charge in [0.05, 0.1) is 0 Å². The summed E-state index contributed by atoms with van der Waals surface area (Å²) >= 11 is 0. The average Bonchev–Trinajstić information content (AvgIpc) is 3.08. The summed E-state index contributed by atoms with van der Waals surface area (Å²) in [6.45, 7) is 35.8. The second kappa shape index (κ2) is 24.9. The summed E-state index contributed by atoms with van der Waals surface area (Å²) in [7, 11) is 0. The molecule has 0 amide bonds. The van der Waals surface area contributed by atoms with Crippen LogP contribution in [0.3, 0.4) is 0 Å². The molecule has 0 radical (unpaired) electrons. The molecule has 0 aromatic rings. The number of unbranched alkanes of at least 4 members (excludes halogenated alkanes) is 3. The van der Waals surface area contributed by atoms with Crippen LogP contribution in [0.4, 0.5) is 0 Å². The fraction of sp³-hybridized carbons (Fsp3) is 0.650. The van der Waals surface area contributed by atoms with E-state index in [4.69, 9.17) is 0 Å². The van der Waals surface area contributed by atoms with Crippen molar-refractivity contribution in [2.24, 2.45) is 11.8 Å². The summed E-state index contributed by atoms with van der Waals surface area (Å²) < 4.78 is 0. The van der Waals surface area contributed by atoms with Crippen molar-refractivity contribution in [2.45, 2.75) is 160 Å². The van der Waals surface area contributed by atoms with E-state index in [-0.39, 0.29) is 0 Å². The Bertz CT molecular complexity index is 846. The van der Waals surface area contributed by atoms with Crippen LogP contribution in [0.1, 0.15) is 160 Å². The van der Waals surface area contributed by atoms with Gasteiger partial charge in [0.1, 0.15) is 0 Å². The van der Waals surface area contributed by atoms with Gasteiger partial charge in [0.25, 0.3) is 0 Å². The molecule has 2 aliphatic carbocycles. The van der Waals surface area contributed by atoms with E-state index < -0.39 is 0 Å². The van der Waals surface area contributed by atoms with Crippen molar-refractivity contribution in [3.63, 3.8) is 0 Å². The van der Waals surface area contributed by atoms with E-state index in [1.807, 2.05) is 13.8 Å². The van der Waals surface area contributed by atoms with Crippen molar-refractivity contribution in [3.8, 4) is 0 Å². The van der Waals surface area contributed by atoms with Crippen molar-refractivity contribution in [3.05, 3.63) is 82.5 Å². The SMILES string of the molecule is C=C(C)C(=C)C[C@H](C)[C@H](CCC)/C(C)=C/C.C=C(C)CC.CC1=CCC2=C(C=C1C)CCCC2.CCCCCC. The van der Waals surface area contributed by atoms with E-state index in [2.05, 4.69) is 100 Å². The molecule has 2 rings (SSSR count). The Hall–Kier alpha value is -1.82. The van der Waals surface area contributed by atoms with Crippen LogP contribution in [-0.2, 0) is 0 Å². The van der Waals surface area contributed by atoms with Crippen molar-refractivity contribution >= 4 is 0 Å². The molecular formula is C40H70. The normalized spacial score (nSPS) is 16.1. The lowest BCUT2D eigenvalue weighted by molar-refractivity contribution is 0.380. The van der Waals surface area contributed by atoms with Gasteiger partial charge in [0.2, 0.25) is 0 Å². The van der Waals surface area contributed by atoms with Gasteiger partial charge in [-0.1, -0.05) is 132 Å². The first kappa shape index (κ1) is 40.3. The molecular weight excluding hydrogens is 480 g/mol. The molecule has 0 heteroatoms. The zero-order valence-electron chi connectivity index (χ0n) is 29.2. The first-order valence-corrected chi connectivity index (χ1v) is 16.6. The van der Waals surface area contributed by atoms with E-state index in [0.717, 1.165) is 18.4 Å². The van der Waals surface area contributed by atoms with Crippen molar-refractivity contribution in [1.29, 1.82) is 0 Å². The van der Waals surface area contributed by atoms with E-state index >= 15 is 0 Å². The van der Waals surface area contributed by atoms with E-state index in [1.165, 1.54) is 98.5 Å². The van der Waals surface area contributed by atoms with Crippen molar-refractivity contribution in [2.75, 3.05) is 0 Å². The molecule has 0 N–H and O–H groups in total. The molecule has 0 saturated carbocycles. The number of rotatable bonds is 11. The largest absolute Gasteiger partial charge is 0.100 e. The molecule has 0 saturated heterocycles. The maximum absolute atomic E-state index is 4.10. The standard InChI is InChI=1S/C16H28.C13H18.C6H14.C5H10/c1-8-10-16(13(5)9-2)15(7)11-14(6)12(3)4;1-10-7-8-12-5-3-4-6-13(12)9-11(10)2;1-3-5-6-4-2;1-4-5(2)3/h9,15-16H,3,6,8,10-11H2,1-2,4-5,7H3;7,9H,3-6,8H2,1-2H3;3-6H2,1-2H3;2,4H2,1,3H3/b13-9+;;;/t15-,16+;;;/m0.../s1.